The van der Waals surface area contributed by atoms with Crippen LogP contribution in [0.1, 0.15) is 20.8 Å². The molecule has 60 valence electrons. The van der Waals surface area contributed by atoms with Crippen molar-refractivity contribution in [1.29, 1.82) is 0 Å². The highest BCUT2D eigenvalue weighted by Crippen LogP contribution is 2.26. The van der Waals surface area contributed by atoms with Crippen LogP contribution in [0.4, 0.5) is 0 Å². The van der Waals surface area contributed by atoms with Gasteiger partial charge in [-0.15, -0.1) is 0 Å². The van der Waals surface area contributed by atoms with Crippen molar-refractivity contribution in [2.75, 3.05) is 13.1 Å². The Labute approximate surface area is 62.6 Å². The van der Waals surface area contributed by atoms with Gasteiger partial charge >= 0.3 is 0 Å². The maximum Gasteiger partial charge on any atom is 0.0634 e. The topological polar surface area (TPSA) is 32.3 Å². The summed E-state index contributed by atoms with van der Waals surface area (Å²) in [4.78, 5) is 0. The predicted octanol–water partition coefficient (Wildman–Crippen LogP) is 0.613. The average molecular weight is 143 g/mol. The fraction of sp³-hybridized carbons (Fsp3) is 1.00. The Hall–Kier alpha value is -0.0800. The Morgan fingerprint density at radius 1 is 1.40 bits per heavy atom. The lowest BCUT2D eigenvalue weighted by molar-refractivity contribution is 0.0101. The lowest BCUT2D eigenvalue weighted by Gasteiger charge is -2.27. The minimum Gasteiger partial charge on any atom is -0.390 e. The molecule has 1 fully saturated rings. The first kappa shape index (κ1) is 8.02. The van der Waals surface area contributed by atoms with Crippen molar-refractivity contribution >= 4 is 0 Å². The molecule has 0 amide bonds. The van der Waals surface area contributed by atoms with Crippen molar-refractivity contribution in [2.24, 2.45) is 11.8 Å². The molecular weight excluding hydrogens is 126 g/mol. The fourth-order valence-electron chi connectivity index (χ4n) is 1.76. The number of aliphatic hydroxyl groups is 1. The third-order valence-electron chi connectivity index (χ3n) is 2.42. The summed E-state index contributed by atoms with van der Waals surface area (Å²) in [5.41, 5.74) is -0.511. The van der Waals surface area contributed by atoms with Crippen LogP contribution in [-0.4, -0.2) is 23.8 Å². The minimum atomic E-state index is -0.511. The zero-order chi connectivity index (χ0) is 7.78. The Morgan fingerprint density at radius 3 is 2.20 bits per heavy atom. The number of rotatable bonds is 1. The Kier molecular flexibility index (Phi) is 2.02. The van der Waals surface area contributed by atoms with Crippen LogP contribution >= 0.6 is 0 Å². The van der Waals surface area contributed by atoms with E-state index in [1.165, 1.54) is 0 Å². The molecule has 2 unspecified atom stereocenters. The molecule has 10 heavy (non-hydrogen) atoms. The van der Waals surface area contributed by atoms with Crippen LogP contribution in [0.15, 0.2) is 0 Å². The molecule has 2 N–H and O–H groups in total. The average Bonchev–Trinajstić information content (AvgIpc) is 2.11. The first-order chi connectivity index (χ1) is 4.52. The van der Waals surface area contributed by atoms with E-state index >= 15 is 0 Å². The molecule has 2 heteroatoms. The van der Waals surface area contributed by atoms with E-state index in [9.17, 15) is 5.11 Å². The molecular formula is C8H17NO. The Balaban J connectivity index is 2.55. The molecule has 0 spiro atoms. The van der Waals surface area contributed by atoms with Crippen molar-refractivity contribution in [3.05, 3.63) is 0 Å². The van der Waals surface area contributed by atoms with E-state index < -0.39 is 5.60 Å². The highest BCUT2D eigenvalue weighted by Gasteiger charge is 2.34. The van der Waals surface area contributed by atoms with Crippen LogP contribution in [-0.2, 0) is 0 Å². The van der Waals surface area contributed by atoms with E-state index in [1.807, 2.05) is 13.8 Å². The van der Waals surface area contributed by atoms with Crippen LogP contribution in [0.5, 0.6) is 0 Å². The van der Waals surface area contributed by atoms with Crippen LogP contribution < -0.4 is 5.32 Å². The molecule has 1 heterocycles. The van der Waals surface area contributed by atoms with Gasteiger partial charge in [0.25, 0.3) is 0 Å². The summed E-state index contributed by atoms with van der Waals surface area (Å²) in [5, 5.41) is 12.9. The monoisotopic (exact) mass is 143 g/mol. The third-order valence-corrected chi connectivity index (χ3v) is 2.42. The summed E-state index contributed by atoms with van der Waals surface area (Å²) < 4.78 is 0. The van der Waals surface area contributed by atoms with Gasteiger partial charge in [0.05, 0.1) is 5.60 Å². The second kappa shape index (κ2) is 2.51. The highest BCUT2D eigenvalue weighted by molar-refractivity contribution is 4.88. The molecule has 0 aromatic heterocycles. The van der Waals surface area contributed by atoms with E-state index in [0.29, 0.717) is 11.8 Å². The third kappa shape index (κ3) is 1.50. The summed E-state index contributed by atoms with van der Waals surface area (Å²) in [5.74, 6) is 1.03. The second-order valence-electron chi connectivity index (χ2n) is 3.90. The molecule has 2 atom stereocenters. The number of hydrogen-bond donors (Lipinski definition) is 2. The van der Waals surface area contributed by atoms with Gasteiger partial charge in [0, 0.05) is 12.5 Å². The summed E-state index contributed by atoms with van der Waals surface area (Å²) in [6, 6.07) is 0. The zero-order valence-corrected chi connectivity index (χ0v) is 7.02. The molecule has 0 aromatic rings. The van der Waals surface area contributed by atoms with E-state index in [2.05, 4.69) is 12.2 Å². The molecule has 1 aliphatic rings. The standard InChI is InChI=1S/C8H17NO/c1-6-4-9-5-7(6)8(2,3)10/h6-7,9-10H,4-5H2,1-3H3. The lowest BCUT2D eigenvalue weighted by atomic mass is 9.84. The predicted molar refractivity (Wildman–Crippen MR) is 41.8 cm³/mol. The summed E-state index contributed by atoms with van der Waals surface area (Å²) in [6.45, 7) is 7.98. The first-order valence-corrected chi connectivity index (χ1v) is 3.95. The fourth-order valence-corrected chi connectivity index (χ4v) is 1.76. The van der Waals surface area contributed by atoms with Gasteiger partial charge in [0.15, 0.2) is 0 Å². The number of hydrogen-bond acceptors (Lipinski definition) is 2. The molecule has 1 aliphatic heterocycles. The maximum absolute atomic E-state index is 9.65. The second-order valence-corrected chi connectivity index (χ2v) is 3.90. The normalized spacial score (nSPS) is 34.8. The Morgan fingerprint density at radius 2 is 2.00 bits per heavy atom. The van der Waals surface area contributed by atoms with Gasteiger partial charge in [0.2, 0.25) is 0 Å². The van der Waals surface area contributed by atoms with Gasteiger partial charge in [-0.3, -0.25) is 0 Å². The largest absolute Gasteiger partial charge is 0.390 e. The van der Waals surface area contributed by atoms with Crippen LogP contribution in [0.2, 0.25) is 0 Å². The van der Waals surface area contributed by atoms with E-state index in [0.717, 1.165) is 13.1 Å². The molecule has 0 bridgehead atoms. The van der Waals surface area contributed by atoms with Crippen molar-refractivity contribution < 1.29 is 5.11 Å². The minimum absolute atomic E-state index is 0.424. The van der Waals surface area contributed by atoms with E-state index in [1.54, 1.807) is 0 Å². The maximum atomic E-state index is 9.65. The van der Waals surface area contributed by atoms with Gasteiger partial charge in [-0.25, -0.2) is 0 Å². The summed E-state index contributed by atoms with van der Waals surface area (Å²) in [6.07, 6.45) is 0. The molecule has 2 nitrogen and oxygen atoms in total. The smallest absolute Gasteiger partial charge is 0.0634 e. The zero-order valence-electron chi connectivity index (χ0n) is 7.02. The highest BCUT2D eigenvalue weighted by atomic mass is 16.3. The van der Waals surface area contributed by atoms with Crippen LogP contribution in [0.25, 0.3) is 0 Å². The van der Waals surface area contributed by atoms with Crippen molar-refractivity contribution in [3.8, 4) is 0 Å². The van der Waals surface area contributed by atoms with Crippen LogP contribution in [0.3, 0.4) is 0 Å². The lowest BCUT2D eigenvalue weighted by Crippen LogP contribution is -2.35. The molecule has 1 saturated heterocycles. The molecule has 0 saturated carbocycles. The van der Waals surface area contributed by atoms with Crippen molar-refractivity contribution in [2.45, 2.75) is 26.4 Å². The summed E-state index contributed by atoms with van der Waals surface area (Å²) >= 11 is 0. The van der Waals surface area contributed by atoms with Crippen molar-refractivity contribution in [1.82, 2.24) is 5.32 Å². The Bertz CT molecular complexity index is 117. The molecule has 0 radical (unpaired) electrons. The quantitative estimate of drug-likeness (QED) is 0.564. The van der Waals surface area contributed by atoms with Gasteiger partial charge < -0.3 is 10.4 Å². The first-order valence-electron chi connectivity index (χ1n) is 3.95. The van der Waals surface area contributed by atoms with Crippen LogP contribution in [0, 0.1) is 11.8 Å². The van der Waals surface area contributed by atoms with Gasteiger partial charge in [0.1, 0.15) is 0 Å². The van der Waals surface area contributed by atoms with Gasteiger partial charge in [-0.05, 0) is 26.3 Å². The summed E-state index contributed by atoms with van der Waals surface area (Å²) in [7, 11) is 0. The SMILES string of the molecule is CC1CNCC1C(C)(C)O. The molecule has 1 rings (SSSR count). The molecule has 0 aliphatic carbocycles. The van der Waals surface area contributed by atoms with Gasteiger partial charge in [-0.1, -0.05) is 6.92 Å². The van der Waals surface area contributed by atoms with E-state index in [-0.39, 0.29) is 0 Å². The van der Waals surface area contributed by atoms with E-state index in [4.69, 9.17) is 0 Å². The number of nitrogens with one attached hydrogen (secondary N) is 1. The van der Waals surface area contributed by atoms with Gasteiger partial charge in [-0.2, -0.15) is 0 Å². The van der Waals surface area contributed by atoms with Crippen molar-refractivity contribution in [3.63, 3.8) is 0 Å². The molecule has 0 aromatic carbocycles.